The number of hydrogen-bond acceptors (Lipinski definition) is 5. The fourth-order valence-electron chi connectivity index (χ4n) is 9.84. The third-order valence-electron chi connectivity index (χ3n) is 11.9. The van der Waals surface area contributed by atoms with Gasteiger partial charge in [-0.2, -0.15) is 0 Å². The monoisotopic (exact) mass is 488 g/mol. The van der Waals surface area contributed by atoms with E-state index in [1.165, 1.54) is 38.5 Å². The van der Waals surface area contributed by atoms with Crippen molar-refractivity contribution < 1.29 is 23.7 Å². The molecule has 5 aliphatic carbocycles. The number of hydrogen-bond donors (Lipinski definition) is 0. The molecular formula is C30H48O5. The van der Waals surface area contributed by atoms with Crippen LogP contribution in [0, 0.1) is 28.1 Å². The minimum absolute atomic E-state index is 0.0271. The Hall–Kier alpha value is -0.650. The first-order valence-corrected chi connectivity index (χ1v) is 14.7. The molecule has 6 fully saturated rings. The van der Waals surface area contributed by atoms with E-state index in [2.05, 4.69) is 41.5 Å². The smallest absolute Gasteiger partial charge is 0.313 e. The maximum Gasteiger partial charge on any atom is 0.313 e. The molecule has 0 aromatic rings. The largest absolute Gasteiger partial charge is 0.458 e. The zero-order valence-electron chi connectivity index (χ0n) is 23.0. The predicted molar refractivity (Wildman–Crippen MR) is 134 cm³/mol. The van der Waals surface area contributed by atoms with E-state index in [0.717, 1.165) is 45.1 Å². The summed E-state index contributed by atoms with van der Waals surface area (Å²) in [5, 5.41) is 0. The van der Waals surface area contributed by atoms with Gasteiger partial charge in [-0.15, -0.1) is 0 Å². The topological polar surface area (TPSA) is 54.0 Å². The molecule has 0 aromatic carbocycles. The average molecular weight is 489 g/mol. The number of esters is 1. The summed E-state index contributed by atoms with van der Waals surface area (Å²) in [7, 11) is 0. The third-order valence-corrected chi connectivity index (χ3v) is 11.9. The Balaban J connectivity index is 1.29. The van der Waals surface area contributed by atoms with Gasteiger partial charge in [0.25, 0.3) is 0 Å². The fraction of sp³-hybridized carbons (Fsp3) is 0.967. The van der Waals surface area contributed by atoms with Crippen LogP contribution in [0.5, 0.6) is 0 Å². The number of carbonyl (C=O) groups excluding carboxylic acids is 1. The summed E-state index contributed by atoms with van der Waals surface area (Å²) in [4.78, 5) is 14.0. The molecule has 0 N–H and O–H groups in total. The molecule has 0 radical (unpaired) electrons. The van der Waals surface area contributed by atoms with Crippen molar-refractivity contribution in [3.8, 4) is 0 Å². The van der Waals surface area contributed by atoms with Gasteiger partial charge in [-0.25, -0.2) is 0 Å². The highest BCUT2D eigenvalue weighted by Gasteiger charge is 3.03. The predicted octanol–water partition coefficient (Wildman–Crippen LogP) is 6.56. The summed E-state index contributed by atoms with van der Waals surface area (Å²) in [6.07, 6.45) is 13.6. The lowest BCUT2D eigenvalue weighted by Gasteiger charge is -2.96. The molecule has 5 heteroatoms. The highest BCUT2D eigenvalue weighted by atomic mass is 16.7. The Kier molecular flexibility index (Phi) is 5.42. The highest BCUT2D eigenvalue weighted by Crippen LogP contribution is 2.95. The lowest BCUT2D eigenvalue weighted by Crippen LogP contribution is -3.05. The van der Waals surface area contributed by atoms with Crippen molar-refractivity contribution in [3.05, 3.63) is 0 Å². The summed E-state index contributed by atoms with van der Waals surface area (Å²) >= 11 is 0. The molecule has 5 nitrogen and oxygen atoms in total. The van der Waals surface area contributed by atoms with E-state index in [0.29, 0.717) is 12.0 Å². The molecule has 5 saturated carbocycles. The van der Waals surface area contributed by atoms with Crippen LogP contribution in [-0.4, -0.2) is 41.8 Å². The molecule has 198 valence electrons. The van der Waals surface area contributed by atoms with Gasteiger partial charge in [0, 0.05) is 19.4 Å². The molecule has 1 spiro atoms. The summed E-state index contributed by atoms with van der Waals surface area (Å²) in [5.41, 5.74) is -1.71. The van der Waals surface area contributed by atoms with Crippen molar-refractivity contribution in [2.75, 3.05) is 6.61 Å². The van der Waals surface area contributed by atoms with Crippen LogP contribution in [0.3, 0.4) is 0 Å². The van der Waals surface area contributed by atoms with Gasteiger partial charge < -0.3 is 18.9 Å². The second-order valence-electron chi connectivity index (χ2n) is 14.5. The second-order valence-corrected chi connectivity index (χ2v) is 14.5. The fourth-order valence-corrected chi connectivity index (χ4v) is 9.84. The van der Waals surface area contributed by atoms with Crippen LogP contribution in [0.4, 0.5) is 0 Å². The van der Waals surface area contributed by atoms with Crippen LogP contribution in [0.25, 0.3) is 0 Å². The lowest BCUT2D eigenvalue weighted by molar-refractivity contribution is -0.572. The Labute approximate surface area is 212 Å². The number of ether oxygens (including phenoxy) is 4. The molecule has 6 aliphatic rings. The normalized spacial score (nSPS) is 46.1. The third kappa shape index (κ3) is 2.90. The second kappa shape index (κ2) is 7.69. The highest BCUT2D eigenvalue weighted by molar-refractivity contribution is 5.79. The van der Waals surface area contributed by atoms with Gasteiger partial charge >= 0.3 is 5.97 Å². The van der Waals surface area contributed by atoms with Crippen molar-refractivity contribution in [1.82, 2.24) is 0 Å². The summed E-state index contributed by atoms with van der Waals surface area (Å²) < 4.78 is 26.7. The quantitative estimate of drug-likeness (QED) is 0.380. The van der Waals surface area contributed by atoms with E-state index in [9.17, 15) is 4.79 Å². The average Bonchev–Trinajstić information content (AvgIpc) is 2.76. The van der Waals surface area contributed by atoms with Crippen molar-refractivity contribution in [2.45, 2.75) is 148 Å². The minimum atomic E-state index is -0.546. The van der Waals surface area contributed by atoms with Crippen LogP contribution < -0.4 is 0 Å². The van der Waals surface area contributed by atoms with E-state index < -0.39 is 11.0 Å². The van der Waals surface area contributed by atoms with Crippen molar-refractivity contribution in [3.63, 3.8) is 0 Å². The van der Waals surface area contributed by atoms with E-state index >= 15 is 0 Å². The maximum atomic E-state index is 14.0. The molecule has 0 bridgehead atoms. The molecule has 1 saturated heterocycles. The van der Waals surface area contributed by atoms with Crippen molar-refractivity contribution >= 4 is 5.97 Å². The Morgan fingerprint density at radius 2 is 1.51 bits per heavy atom. The molecule has 6 rings (SSSR count). The van der Waals surface area contributed by atoms with Crippen molar-refractivity contribution in [1.29, 1.82) is 0 Å². The van der Waals surface area contributed by atoms with E-state index in [1.807, 2.05) is 0 Å². The maximum absolute atomic E-state index is 14.0. The Morgan fingerprint density at radius 1 is 0.857 bits per heavy atom. The van der Waals surface area contributed by atoms with E-state index in [4.69, 9.17) is 18.9 Å². The first-order valence-electron chi connectivity index (χ1n) is 14.7. The molecular weight excluding hydrogens is 440 g/mol. The van der Waals surface area contributed by atoms with Gasteiger partial charge in [0.15, 0.2) is 6.29 Å². The zero-order chi connectivity index (χ0) is 24.9. The minimum Gasteiger partial charge on any atom is -0.458 e. The van der Waals surface area contributed by atoms with Gasteiger partial charge in [-0.05, 0) is 69.1 Å². The molecule has 1 heterocycles. The summed E-state index contributed by atoms with van der Waals surface area (Å²) in [5.74, 6) is 0.716. The summed E-state index contributed by atoms with van der Waals surface area (Å²) in [6, 6.07) is 0. The molecule has 35 heavy (non-hydrogen) atoms. The summed E-state index contributed by atoms with van der Waals surface area (Å²) in [6.45, 7) is 13.7. The van der Waals surface area contributed by atoms with E-state index in [1.54, 1.807) is 0 Å². The Bertz CT molecular complexity index is 838. The van der Waals surface area contributed by atoms with Crippen LogP contribution in [0.1, 0.15) is 119 Å². The van der Waals surface area contributed by atoms with E-state index in [-0.39, 0.29) is 40.2 Å². The molecule has 7 atom stereocenters. The lowest BCUT2D eigenvalue weighted by atomic mass is 9.12. The molecule has 1 aliphatic heterocycles. The first-order chi connectivity index (χ1) is 16.5. The SMILES string of the molecule is CC(C)C(C)(C(=O)OC12CC3CC4(OC5CCCCO5)CC(OC5CCCCC5)(C1)C324)C(C)(C)C. The van der Waals surface area contributed by atoms with Crippen LogP contribution in [0.15, 0.2) is 0 Å². The van der Waals surface area contributed by atoms with Gasteiger partial charge in [0.1, 0.15) is 5.60 Å². The van der Waals surface area contributed by atoms with Gasteiger partial charge in [0.2, 0.25) is 0 Å². The van der Waals surface area contributed by atoms with Crippen LogP contribution in [-0.2, 0) is 23.7 Å². The molecule has 0 amide bonds. The van der Waals surface area contributed by atoms with Gasteiger partial charge in [-0.1, -0.05) is 53.9 Å². The number of rotatable bonds is 7. The molecule has 7 unspecified atom stereocenters. The van der Waals surface area contributed by atoms with Gasteiger partial charge in [0.05, 0.1) is 28.1 Å². The van der Waals surface area contributed by atoms with Crippen LogP contribution >= 0.6 is 0 Å². The van der Waals surface area contributed by atoms with Crippen LogP contribution in [0.2, 0.25) is 0 Å². The zero-order valence-corrected chi connectivity index (χ0v) is 23.0. The van der Waals surface area contributed by atoms with Crippen molar-refractivity contribution in [2.24, 2.45) is 28.1 Å². The standard InChI is InChI=1S/C30H48O5/c1-20(2)26(6,25(3,4)5)24(31)35-28-17-21-16-27(34-23-14-10-11-15-32-23)18-29(19-28,30(21,27)28)33-22-12-8-7-9-13-22/h20-23H,7-19H2,1-6H3. The first kappa shape index (κ1) is 24.7. The molecule has 0 aromatic heterocycles. The Morgan fingerprint density at radius 3 is 2.11 bits per heavy atom. The van der Waals surface area contributed by atoms with Gasteiger partial charge in [-0.3, -0.25) is 4.79 Å². The number of carbonyl (C=O) groups is 1.